The number of hydrogen-bond acceptors (Lipinski definition) is 5. The fraction of sp³-hybridized carbons (Fsp3) is 0.250. The molecule has 2 fully saturated rings. The topological polar surface area (TPSA) is 80.9 Å². The van der Waals surface area contributed by atoms with E-state index in [9.17, 15) is 4.79 Å². The molecular formula is C24H23N3O4S. The predicted molar refractivity (Wildman–Crippen MR) is 127 cm³/mol. The lowest BCUT2D eigenvalue weighted by Gasteiger charge is -2.20. The molecule has 8 heteroatoms. The molecule has 0 spiro atoms. The Kier molecular flexibility index (Phi) is 5.89. The Hall–Kier alpha value is -3.20. The van der Waals surface area contributed by atoms with Crippen molar-refractivity contribution in [3.05, 3.63) is 72.8 Å². The molecule has 7 nitrogen and oxygen atoms in total. The van der Waals surface area contributed by atoms with Gasteiger partial charge >= 0.3 is 6.09 Å². The number of benzene rings is 3. The van der Waals surface area contributed by atoms with Gasteiger partial charge in [-0.05, 0) is 35.8 Å². The van der Waals surface area contributed by atoms with Crippen molar-refractivity contribution in [3.8, 4) is 0 Å². The van der Waals surface area contributed by atoms with Crippen molar-refractivity contribution in [1.82, 2.24) is 5.32 Å². The van der Waals surface area contributed by atoms with E-state index in [0.717, 1.165) is 16.5 Å². The van der Waals surface area contributed by atoms with Crippen LogP contribution in [0.1, 0.15) is 0 Å². The zero-order valence-corrected chi connectivity index (χ0v) is 18.0. The van der Waals surface area contributed by atoms with Crippen LogP contribution < -0.4 is 16.0 Å². The maximum atomic E-state index is 12.2. The van der Waals surface area contributed by atoms with Crippen LogP contribution in [0.2, 0.25) is 0 Å². The molecule has 0 bridgehead atoms. The number of amides is 1. The first kappa shape index (κ1) is 20.7. The van der Waals surface area contributed by atoms with Gasteiger partial charge in [-0.2, -0.15) is 0 Å². The number of nitrogens with one attached hydrogen (secondary N) is 3. The van der Waals surface area contributed by atoms with Gasteiger partial charge in [-0.3, -0.25) is 5.32 Å². The third-order valence-electron chi connectivity index (χ3n) is 5.64. The molecule has 5 rings (SSSR count). The number of carbonyl (C=O) groups excluding carboxylic acids is 1. The summed E-state index contributed by atoms with van der Waals surface area (Å²) in [5.74, 6) is 0. The Morgan fingerprint density at radius 2 is 1.62 bits per heavy atom. The number of carbonyl (C=O) groups is 1. The molecule has 0 aliphatic carbocycles. The van der Waals surface area contributed by atoms with E-state index in [2.05, 4.69) is 34.1 Å². The summed E-state index contributed by atoms with van der Waals surface area (Å²) in [4.78, 5) is 12.2. The molecule has 2 heterocycles. The van der Waals surface area contributed by atoms with Gasteiger partial charge in [-0.15, -0.1) is 0 Å². The standard InChI is InChI=1S/C24H23N3O4S/c28-24(25-16-9-2-1-3-10-16)31-20-14-30-21-19(13-29-22(20)21)27-23(32)26-18-12-6-8-15-7-4-5-11-17(15)18/h1-12,19-22H,13-14H2,(H,25,28)(H2,26,27,32)/t19-,20+,21+,22+/m0/s1. The average molecular weight is 450 g/mol. The molecule has 0 aromatic heterocycles. The lowest BCUT2D eigenvalue weighted by Crippen LogP contribution is -2.46. The highest BCUT2D eigenvalue weighted by Crippen LogP contribution is 2.29. The van der Waals surface area contributed by atoms with Crippen LogP contribution >= 0.6 is 12.2 Å². The largest absolute Gasteiger partial charge is 0.441 e. The summed E-state index contributed by atoms with van der Waals surface area (Å²) in [6.07, 6.45) is -1.60. The molecule has 0 saturated carbocycles. The second-order valence-corrected chi connectivity index (χ2v) is 8.17. The molecule has 2 aliphatic heterocycles. The monoisotopic (exact) mass is 449 g/mol. The summed E-state index contributed by atoms with van der Waals surface area (Å²) in [5, 5.41) is 12.0. The van der Waals surface area contributed by atoms with Crippen molar-refractivity contribution < 1.29 is 19.0 Å². The van der Waals surface area contributed by atoms with Crippen LogP contribution in [0.5, 0.6) is 0 Å². The fourth-order valence-electron chi connectivity index (χ4n) is 4.16. The molecular weight excluding hydrogens is 426 g/mol. The van der Waals surface area contributed by atoms with Crippen LogP contribution in [0.15, 0.2) is 72.8 Å². The Labute approximate surface area is 191 Å². The van der Waals surface area contributed by atoms with E-state index in [4.69, 9.17) is 26.4 Å². The van der Waals surface area contributed by atoms with Crippen LogP contribution in [-0.2, 0) is 14.2 Å². The first-order chi connectivity index (χ1) is 15.7. The van der Waals surface area contributed by atoms with E-state index >= 15 is 0 Å². The zero-order chi connectivity index (χ0) is 21.9. The molecule has 3 aromatic rings. The maximum Gasteiger partial charge on any atom is 0.412 e. The number of para-hydroxylation sites is 1. The van der Waals surface area contributed by atoms with Crippen molar-refractivity contribution in [2.45, 2.75) is 24.4 Å². The molecule has 3 aromatic carbocycles. The lowest BCUT2D eigenvalue weighted by atomic mass is 10.1. The molecule has 0 radical (unpaired) electrons. The number of thiocarbonyl (C=S) groups is 1. The second kappa shape index (κ2) is 9.12. The van der Waals surface area contributed by atoms with E-state index in [1.807, 2.05) is 42.5 Å². The minimum absolute atomic E-state index is 0.138. The third kappa shape index (κ3) is 4.38. The second-order valence-electron chi connectivity index (χ2n) is 7.76. The number of fused-ring (bicyclic) bond motifs is 2. The van der Waals surface area contributed by atoms with Gasteiger partial charge in [0.2, 0.25) is 0 Å². The molecule has 164 valence electrons. The summed E-state index contributed by atoms with van der Waals surface area (Å²) in [5.41, 5.74) is 1.60. The van der Waals surface area contributed by atoms with Gasteiger partial charge in [0.1, 0.15) is 12.2 Å². The average Bonchev–Trinajstić information content (AvgIpc) is 3.38. The molecule has 0 unspecified atom stereocenters. The van der Waals surface area contributed by atoms with Crippen LogP contribution in [0.3, 0.4) is 0 Å². The molecule has 32 heavy (non-hydrogen) atoms. The molecule has 2 saturated heterocycles. The number of anilines is 2. The third-order valence-corrected chi connectivity index (χ3v) is 5.86. The van der Waals surface area contributed by atoms with Crippen LogP contribution in [-0.4, -0.2) is 48.8 Å². The minimum Gasteiger partial charge on any atom is -0.441 e. The summed E-state index contributed by atoms with van der Waals surface area (Å²) < 4.78 is 17.3. The molecule has 1 amide bonds. The van der Waals surface area contributed by atoms with E-state index in [1.165, 1.54) is 0 Å². The van der Waals surface area contributed by atoms with Gasteiger partial charge in [0.15, 0.2) is 11.2 Å². The highest BCUT2D eigenvalue weighted by atomic mass is 32.1. The van der Waals surface area contributed by atoms with Crippen molar-refractivity contribution in [1.29, 1.82) is 0 Å². The van der Waals surface area contributed by atoms with Gasteiger partial charge in [-0.25, -0.2) is 4.79 Å². The fourth-order valence-corrected chi connectivity index (χ4v) is 4.42. The lowest BCUT2D eigenvalue weighted by molar-refractivity contribution is 0.00880. The molecule has 4 atom stereocenters. The number of ether oxygens (including phenoxy) is 3. The van der Waals surface area contributed by atoms with E-state index in [-0.39, 0.29) is 24.9 Å². The summed E-state index contributed by atoms with van der Waals surface area (Å²) in [6.45, 7) is 0.687. The minimum atomic E-state index is -0.529. The maximum absolute atomic E-state index is 12.2. The van der Waals surface area contributed by atoms with Crippen molar-refractivity contribution >= 4 is 45.6 Å². The van der Waals surface area contributed by atoms with E-state index < -0.39 is 12.2 Å². The van der Waals surface area contributed by atoms with E-state index in [0.29, 0.717) is 17.4 Å². The van der Waals surface area contributed by atoms with Crippen molar-refractivity contribution in [2.24, 2.45) is 0 Å². The summed E-state index contributed by atoms with van der Waals surface area (Å²) >= 11 is 5.54. The molecule has 3 N–H and O–H groups in total. The first-order valence-electron chi connectivity index (χ1n) is 10.5. The van der Waals surface area contributed by atoms with Gasteiger partial charge in [0.05, 0.1) is 19.3 Å². The van der Waals surface area contributed by atoms with Crippen LogP contribution in [0.4, 0.5) is 16.2 Å². The Morgan fingerprint density at radius 1 is 0.875 bits per heavy atom. The van der Waals surface area contributed by atoms with Crippen molar-refractivity contribution in [2.75, 3.05) is 23.8 Å². The predicted octanol–water partition coefficient (Wildman–Crippen LogP) is 3.91. The smallest absolute Gasteiger partial charge is 0.412 e. The Balaban J connectivity index is 1.17. The first-order valence-corrected chi connectivity index (χ1v) is 10.9. The Morgan fingerprint density at radius 3 is 2.50 bits per heavy atom. The highest BCUT2D eigenvalue weighted by Gasteiger charge is 2.49. The SMILES string of the molecule is O=C(Nc1ccccc1)O[C@@H]1CO[C@H]2[C@@H]1OC[C@@H]2NC(=S)Nc1cccc2ccccc12. The number of hydrogen-bond donors (Lipinski definition) is 3. The van der Waals surface area contributed by atoms with E-state index in [1.54, 1.807) is 12.1 Å². The molecule has 2 aliphatic rings. The Bertz CT molecular complexity index is 1120. The van der Waals surface area contributed by atoms with Gasteiger partial charge in [-0.1, -0.05) is 54.6 Å². The summed E-state index contributed by atoms with van der Waals surface area (Å²) in [6, 6.07) is 23.2. The van der Waals surface area contributed by atoms with Crippen LogP contribution in [0.25, 0.3) is 10.8 Å². The summed E-state index contributed by atoms with van der Waals surface area (Å²) in [7, 11) is 0. The van der Waals surface area contributed by atoms with Gasteiger partial charge in [0, 0.05) is 16.8 Å². The van der Waals surface area contributed by atoms with Gasteiger partial charge < -0.3 is 24.8 Å². The highest BCUT2D eigenvalue weighted by molar-refractivity contribution is 7.80. The van der Waals surface area contributed by atoms with Crippen LogP contribution in [0, 0.1) is 0 Å². The zero-order valence-electron chi connectivity index (χ0n) is 17.2. The number of rotatable bonds is 4. The van der Waals surface area contributed by atoms with Gasteiger partial charge in [0.25, 0.3) is 0 Å². The van der Waals surface area contributed by atoms with Crippen molar-refractivity contribution in [3.63, 3.8) is 0 Å². The normalized spacial score (nSPS) is 24.0. The quantitative estimate of drug-likeness (QED) is 0.521.